The van der Waals surface area contributed by atoms with Crippen LogP contribution >= 0.6 is 11.6 Å². The molecule has 22 heavy (non-hydrogen) atoms. The lowest BCUT2D eigenvalue weighted by atomic mass is 9.56. The molecular weight excluding hydrogens is 305 g/mol. The zero-order valence-corrected chi connectivity index (χ0v) is 13.9. The Morgan fingerprint density at radius 3 is 2.64 bits per heavy atom. The fourth-order valence-electron chi connectivity index (χ4n) is 4.04. The van der Waals surface area contributed by atoms with Crippen molar-refractivity contribution in [2.24, 2.45) is 5.41 Å². The van der Waals surface area contributed by atoms with Crippen LogP contribution in [0, 0.1) is 11.2 Å². The summed E-state index contributed by atoms with van der Waals surface area (Å²) in [6.45, 7) is 0.562. The molecule has 0 saturated heterocycles. The summed E-state index contributed by atoms with van der Waals surface area (Å²) in [4.78, 5) is 0. The molecule has 0 aromatic heterocycles. The van der Waals surface area contributed by atoms with E-state index in [0.29, 0.717) is 12.4 Å². The van der Waals surface area contributed by atoms with Crippen LogP contribution in [-0.4, -0.2) is 32.4 Å². The summed E-state index contributed by atoms with van der Waals surface area (Å²) in [5, 5.41) is 3.61. The number of benzene rings is 1. The minimum absolute atomic E-state index is 0.0312. The van der Waals surface area contributed by atoms with Gasteiger partial charge in [-0.15, -0.1) is 0 Å². The molecule has 0 aliphatic heterocycles. The average molecular weight is 328 g/mol. The molecule has 1 unspecified atom stereocenters. The smallest absolute Gasteiger partial charge is 0.145 e. The Balaban J connectivity index is 1.72. The second-order valence-electron chi connectivity index (χ2n) is 6.69. The van der Waals surface area contributed by atoms with Gasteiger partial charge in [0.1, 0.15) is 11.6 Å². The van der Waals surface area contributed by atoms with E-state index in [1.54, 1.807) is 13.2 Å². The first-order valence-corrected chi connectivity index (χ1v) is 8.20. The van der Waals surface area contributed by atoms with Crippen LogP contribution in [0.25, 0.3) is 0 Å². The van der Waals surface area contributed by atoms with E-state index in [2.05, 4.69) is 5.32 Å². The largest absolute Gasteiger partial charge is 0.493 e. The Labute approximate surface area is 136 Å². The maximum Gasteiger partial charge on any atom is 0.145 e. The zero-order valence-electron chi connectivity index (χ0n) is 13.1. The Kier molecular flexibility index (Phi) is 4.36. The molecule has 3 fully saturated rings. The fourth-order valence-corrected chi connectivity index (χ4v) is 4.16. The predicted molar refractivity (Wildman–Crippen MR) is 85.0 cm³/mol. The highest BCUT2D eigenvalue weighted by Crippen LogP contribution is 2.53. The van der Waals surface area contributed by atoms with Gasteiger partial charge in [-0.1, -0.05) is 11.6 Å². The molecule has 122 valence electrons. The number of hydrogen-bond acceptors (Lipinski definition) is 3. The summed E-state index contributed by atoms with van der Waals surface area (Å²) in [7, 11) is 3.82. The molecule has 3 nitrogen and oxygen atoms in total. The third-order valence-corrected chi connectivity index (χ3v) is 6.00. The van der Waals surface area contributed by atoms with E-state index in [1.165, 1.54) is 12.1 Å². The molecule has 1 N–H and O–H groups in total. The second kappa shape index (κ2) is 5.99. The number of rotatable bonds is 5. The van der Waals surface area contributed by atoms with Crippen LogP contribution in [0.5, 0.6) is 5.75 Å². The van der Waals surface area contributed by atoms with Crippen molar-refractivity contribution in [3.05, 3.63) is 29.0 Å². The SMILES string of the molecule is CNC12CCC(COc3ccc(Cl)c(F)c3)(CC1)C(OC)C2. The van der Waals surface area contributed by atoms with Crippen LogP contribution in [0.4, 0.5) is 4.39 Å². The van der Waals surface area contributed by atoms with Crippen molar-refractivity contribution >= 4 is 11.6 Å². The third kappa shape index (κ3) is 2.72. The van der Waals surface area contributed by atoms with Crippen LogP contribution < -0.4 is 10.1 Å². The molecule has 0 heterocycles. The van der Waals surface area contributed by atoms with E-state index in [0.717, 1.165) is 32.1 Å². The van der Waals surface area contributed by atoms with Crippen LogP contribution in [0.1, 0.15) is 32.1 Å². The maximum atomic E-state index is 13.5. The molecule has 2 bridgehead atoms. The lowest BCUT2D eigenvalue weighted by molar-refractivity contribution is -0.128. The van der Waals surface area contributed by atoms with Crippen LogP contribution in [0.3, 0.4) is 0 Å². The first-order chi connectivity index (χ1) is 10.5. The minimum Gasteiger partial charge on any atom is -0.493 e. The molecule has 0 spiro atoms. The highest BCUT2D eigenvalue weighted by molar-refractivity contribution is 6.30. The van der Waals surface area contributed by atoms with Gasteiger partial charge in [-0.3, -0.25) is 0 Å². The molecule has 1 aromatic rings. The Hall–Kier alpha value is -0.840. The van der Waals surface area contributed by atoms with Gasteiger partial charge in [-0.2, -0.15) is 0 Å². The monoisotopic (exact) mass is 327 g/mol. The number of fused-ring (bicyclic) bond motifs is 3. The molecule has 3 saturated carbocycles. The first kappa shape index (κ1) is 16.0. The maximum absolute atomic E-state index is 13.5. The second-order valence-corrected chi connectivity index (χ2v) is 7.09. The lowest BCUT2D eigenvalue weighted by Crippen LogP contribution is -2.61. The van der Waals surface area contributed by atoms with Crippen LogP contribution in [-0.2, 0) is 4.74 Å². The molecule has 4 rings (SSSR count). The van der Waals surface area contributed by atoms with Crippen molar-refractivity contribution in [3.8, 4) is 5.75 Å². The summed E-state index contributed by atoms with van der Waals surface area (Å²) in [5.74, 6) is 0.0867. The molecule has 3 aliphatic carbocycles. The quantitative estimate of drug-likeness (QED) is 0.892. The van der Waals surface area contributed by atoms with Gasteiger partial charge in [0.05, 0.1) is 17.7 Å². The fraction of sp³-hybridized carbons (Fsp3) is 0.647. The molecular formula is C17H23ClFNO2. The molecule has 3 aliphatic rings. The van der Waals surface area contributed by atoms with E-state index in [4.69, 9.17) is 21.1 Å². The predicted octanol–water partition coefficient (Wildman–Crippen LogP) is 3.80. The minimum atomic E-state index is -0.443. The van der Waals surface area contributed by atoms with E-state index < -0.39 is 5.82 Å². The van der Waals surface area contributed by atoms with Gasteiger partial charge in [0.2, 0.25) is 0 Å². The van der Waals surface area contributed by atoms with Gasteiger partial charge < -0.3 is 14.8 Å². The van der Waals surface area contributed by atoms with Gasteiger partial charge in [0, 0.05) is 24.1 Å². The van der Waals surface area contributed by atoms with Gasteiger partial charge in [-0.05, 0) is 51.3 Å². The van der Waals surface area contributed by atoms with Gasteiger partial charge in [0.15, 0.2) is 0 Å². The van der Waals surface area contributed by atoms with Crippen molar-refractivity contribution in [1.29, 1.82) is 0 Å². The van der Waals surface area contributed by atoms with E-state index in [-0.39, 0.29) is 22.1 Å². The lowest BCUT2D eigenvalue weighted by Gasteiger charge is -2.56. The van der Waals surface area contributed by atoms with E-state index >= 15 is 0 Å². The topological polar surface area (TPSA) is 30.5 Å². The summed E-state index contributed by atoms with van der Waals surface area (Å²) in [6, 6.07) is 4.60. The Morgan fingerprint density at radius 2 is 2.05 bits per heavy atom. The van der Waals surface area contributed by atoms with Crippen LogP contribution in [0.15, 0.2) is 18.2 Å². The summed E-state index contributed by atoms with van der Waals surface area (Å²) in [5.41, 5.74) is 0.248. The number of ether oxygens (including phenoxy) is 2. The van der Waals surface area contributed by atoms with Crippen molar-refractivity contribution in [3.63, 3.8) is 0 Å². The summed E-state index contributed by atoms with van der Waals surface area (Å²) < 4.78 is 25.2. The number of hydrogen-bond donors (Lipinski definition) is 1. The first-order valence-electron chi connectivity index (χ1n) is 7.82. The van der Waals surface area contributed by atoms with Gasteiger partial charge >= 0.3 is 0 Å². The molecule has 1 atom stereocenters. The van der Waals surface area contributed by atoms with Crippen molar-refractivity contribution in [1.82, 2.24) is 5.32 Å². The standard InChI is InChI=1S/C17H23ClFNO2/c1-20-17-7-5-16(6-8-17,15(10-17)21-2)11-22-12-3-4-13(18)14(19)9-12/h3-4,9,15,20H,5-8,10-11H2,1-2H3. The Bertz CT molecular complexity index is 543. The van der Waals surface area contributed by atoms with Crippen molar-refractivity contribution in [2.45, 2.75) is 43.7 Å². The third-order valence-electron chi connectivity index (χ3n) is 5.69. The summed E-state index contributed by atoms with van der Waals surface area (Å²) in [6.07, 6.45) is 5.62. The molecule has 0 amide bonds. The average Bonchev–Trinajstić information content (AvgIpc) is 2.57. The highest BCUT2D eigenvalue weighted by Gasteiger charge is 2.54. The van der Waals surface area contributed by atoms with Crippen molar-refractivity contribution in [2.75, 3.05) is 20.8 Å². The number of methoxy groups -OCH3 is 1. The molecule has 5 heteroatoms. The Morgan fingerprint density at radius 1 is 1.32 bits per heavy atom. The number of nitrogens with one attached hydrogen (secondary N) is 1. The highest BCUT2D eigenvalue weighted by atomic mass is 35.5. The van der Waals surface area contributed by atoms with E-state index in [9.17, 15) is 4.39 Å². The van der Waals surface area contributed by atoms with Crippen molar-refractivity contribution < 1.29 is 13.9 Å². The number of halogens is 2. The van der Waals surface area contributed by atoms with E-state index in [1.807, 2.05) is 7.05 Å². The molecule has 0 radical (unpaired) electrons. The zero-order chi connectivity index (χ0) is 15.8. The normalized spacial score (nSPS) is 33.9. The van der Waals surface area contributed by atoms with Crippen LogP contribution in [0.2, 0.25) is 5.02 Å². The summed E-state index contributed by atoms with van der Waals surface area (Å²) >= 11 is 5.71. The molecule has 1 aromatic carbocycles. The van der Waals surface area contributed by atoms with Gasteiger partial charge in [-0.25, -0.2) is 4.39 Å². The van der Waals surface area contributed by atoms with Gasteiger partial charge in [0.25, 0.3) is 0 Å².